The lowest BCUT2D eigenvalue weighted by atomic mass is 10.00. The van der Waals surface area contributed by atoms with Crippen molar-refractivity contribution in [2.75, 3.05) is 11.9 Å². The Bertz CT molecular complexity index is 685. The van der Waals surface area contributed by atoms with Crippen LogP contribution in [0.25, 0.3) is 0 Å². The fourth-order valence-electron chi connectivity index (χ4n) is 2.53. The van der Waals surface area contributed by atoms with E-state index < -0.39 is 5.97 Å². The van der Waals surface area contributed by atoms with Crippen LogP contribution in [-0.4, -0.2) is 22.7 Å². The van der Waals surface area contributed by atoms with Crippen LogP contribution in [-0.2, 0) is 0 Å². The predicted molar refractivity (Wildman–Crippen MR) is 78.9 cm³/mol. The first kappa shape index (κ1) is 13.4. The molecule has 0 saturated carbocycles. The number of para-hydroxylation sites is 1. The van der Waals surface area contributed by atoms with Gasteiger partial charge in [-0.15, -0.1) is 0 Å². The number of aromatic nitrogens is 1. The maximum Gasteiger partial charge on any atom is 0.339 e. The molecule has 2 aromatic rings. The summed E-state index contributed by atoms with van der Waals surface area (Å²) < 4.78 is 5.62. The fourth-order valence-corrected chi connectivity index (χ4v) is 2.53. The number of rotatable bonds is 3. The Morgan fingerprint density at radius 3 is 3.05 bits per heavy atom. The summed E-state index contributed by atoms with van der Waals surface area (Å²) in [5, 5.41) is 12.6. The van der Waals surface area contributed by atoms with Crippen molar-refractivity contribution in [2.45, 2.75) is 19.4 Å². The lowest BCUT2D eigenvalue weighted by Gasteiger charge is -2.28. The van der Waals surface area contributed by atoms with Gasteiger partial charge in [0, 0.05) is 23.9 Å². The summed E-state index contributed by atoms with van der Waals surface area (Å²) in [4.78, 5) is 15.4. The largest absolute Gasteiger partial charge is 0.493 e. The molecular formula is C16H16N2O3. The number of hydrogen-bond acceptors (Lipinski definition) is 4. The van der Waals surface area contributed by atoms with Gasteiger partial charge < -0.3 is 15.2 Å². The smallest absolute Gasteiger partial charge is 0.339 e. The fraction of sp³-hybridized carbons (Fsp3) is 0.250. The maximum atomic E-state index is 11.3. The Kier molecular flexibility index (Phi) is 3.48. The monoisotopic (exact) mass is 284 g/mol. The van der Waals surface area contributed by atoms with Gasteiger partial charge in [0.15, 0.2) is 0 Å². The van der Waals surface area contributed by atoms with Crippen molar-refractivity contribution < 1.29 is 14.6 Å². The molecule has 3 rings (SSSR count). The van der Waals surface area contributed by atoms with Crippen LogP contribution in [0.1, 0.15) is 34.1 Å². The lowest BCUT2D eigenvalue weighted by molar-refractivity contribution is 0.0697. The van der Waals surface area contributed by atoms with Crippen molar-refractivity contribution in [2.24, 2.45) is 0 Å². The summed E-state index contributed by atoms with van der Waals surface area (Å²) in [5.74, 6) is -0.130. The first-order valence-corrected chi connectivity index (χ1v) is 6.83. The number of benzene rings is 1. The number of fused-ring (bicyclic) bond motifs is 1. The van der Waals surface area contributed by atoms with Crippen LogP contribution in [0.2, 0.25) is 0 Å². The molecule has 21 heavy (non-hydrogen) atoms. The number of carboxylic acids is 1. The highest BCUT2D eigenvalue weighted by atomic mass is 16.5. The van der Waals surface area contributed by atoms with Gasteiger partial charge in [-0.2, -0.15) is 0 Å². The molecule has 0 amide bonds. The summed E-state index contributed by atoms with van der Waals surface area (Å²) in [5.41, 5.74) is 2.61. The van der Waals surface area contributed by atoms with Crippen LogP contribution < -0.4 is 10.1 Å². The standard InChI is InChI=1S/C16H16N2O3/c1-10-8-14(12(9-17-10)16(19)20)18-13-6-7-21-15-5-3-2-4-11(13)15/h2-5,8-9,13H,6-7H2,1H3,(H,17,18)(H,19,20). The molecule has 0 radical (unpaired) electrons. The molecule has 1 aliphatic rings. The van der Waals surface area contributed by atoms with Crippen LogP contribution >= 0.6 is 0 Å². The second-order valence-corrected chi connectivity index (χ2v) is 5.05. The molecule has 2 N–H and O–H groups in total. The maximum absolute atomic E-state index is 11.3. The molecule has 5 nitrogen and oxygen atoms in total. The van der Waals surface area contributed by atoms with E-state index in [0.29, 0.717) is 12.3 Å². The minimum Gasteiger partial charge on any atom is -0.493 e. The number of pyridine rings is 1. The van der Waals surface area contributed by atoms with E-state index in [-0.39, 0.29) is 11.6 Å². The van der Waals surface area contributed by atoms with Gasteiger partial charge in [0.25, 0.3) is 0 Å². The predicted octanol–water partition coefficient (Wildman–Crippen LogP) is 3.02. The van der Waals surface area contributed by atoms with Gasteiger partial charge in [-0.3, -0.25) is 4.98 Å². The van der Waals surface area contributed by atoms with Crippen molar-refractivity contribution in [1.82, 2.24) is 4.98 Å². The van der Waals surface area contributed by atoms with E-state index in [2.05, 4.69) is 10.3 Å². The zero-order chi connectivity index (χ0) is 14.8. The second-order valence-electron chi connectivity index (χ2n) is 5.05. The van der Waals surface area contributed by atoms with Crippen molar-refractivity contribution in [3.05, 3.63) is 53.3 Å². The summed E-state index contributed by atoms with van der Waals surface area (Å²) in [6.07, 6.45) is 2.18. The van der Waals surface area contributed by atoms with Crippen LogP contribution in [0.15, 0.2) is 36.5 Å². The number of carbonyl (C=O) groups is 1. The number of carboxylic acid groups (broad SMARTS) is 1. The number of nitrogens with zero attached hydrogens (tertiary/aromatic N) is 1. The Hall–Kier alpha value is -2.56. The summed E-state index contributed by atoms with van der Waals surface area (Å²) in [6, 6.07) is 9.62. The molecule has 2 heterocycles. The molecule has 5 heteroatoms. The molecule has 1 atom stereocenters. The van der Waals surface area contributed by atoms with E-state index in [4.69, 9.17) is 4.74 Å². The molecule has 1 unspecified atom stereocenters. The Labute approximate surface area is 122 Å². The van der Waals surface area contributed by atoms with Crippen molar-refractivity contribution in [3.8, 4) is 5.75 Å². The number of anilines is 1. The van der Waals surface area contributed by atoms with Crippen molar-refractivity contribution in [1.29, 1.82) is 0 Å². The van der Waals surface area contributed by atoms with Crippen molar-refractivity contribution >= 4 is 11.7 Å². The van der Waals surface area contributed by atoms with E-state index >= 15 is 0 Å². The van der Waals surface area contributed by atoms with Gasteiger partial charge in [0.1, 0.15) is 11.3 Å². The first-order chi connectivity index (χ1) is 10.1. The highest BCUT2D eigenvalue weighted by Gasteiger charge is 2.22. The van der Waals surface area contributed by atoms with Crippen LogP contribution in [0.4, 0.5) is 5.69 Å². The van der Waals surface area contributed by atoms with E-state index in [1.807, 2.05) is 31.2 Å². The number of hydrogen-bond donors (Lipinski definition) is 2. The normalized spacial score (nSPS) is 16.7. The van der Waals surface area contributed by atoms with Crippen molar-refractivity contribution in [3.63, 3.8) is 0 Å². The summed E-state index contributed by atoms with van der Waals surface area (Å²) in [7, 11) is 0. The molecule has 0 saturated heterocycles. The van der Waals surface area contributed by atoms with E-state index in [1.165, 1.54) is 6.20 Å². The van der Waals surface area contributed by atoms with Gasteiger partial charge in [-0.05, 0) is 19.1 Å². The zero-order valence-corrected chi connectivity index (χ0v) is 11.7. The average Bonchev–Trinajstić information content (AvgIpc) is 2.47. The molecule has 0 fully saturated rings. The SMILES string of the molecule is Cc1cc(NC2CCOc3ccccc32)c(C(=O)O)cn1. The van der Waals surface area contributed by atoms with Gasteiger partial charge in [-0.1, -0.05) is 18.2 Å². The molecule has 1 aliphatic heterocycles. The van der Waals surface area contributed by atoms with Gasteiger partial charge in [0.05, 0.1) is 18.3 Å². The highest BCUT2D eigenvalue weighted by molar-refractivity contribution is 5.94. The number of aromatic carboxylic acids is 1. The third-order valence-corrected chi connectivity index (χ3v) is 3.56. The Morgan fingerprint density at radius 1 is 1.43 bits per heavy atom. The minimum atomic E-state index is -0.981. The Morgan fingerprint density at radius 2 is 2.24 bits per heavy atom. The molecule has 1 aromatic carbocycles. The summed E-state index contributed by atoms with van der Waals surface area (Å²) in [6.45, 7) is 2.45. The highest BCUT2D eigenvalue weighted by Crippen LogP contribution is 2.34. The molecule has 108 valence electrons. The van der Waals surface area contributed by atoms with E-state index in [0.717, 1.165) is 23.4 Å². The molecule has 1 aromatic heterocycles. The zero-order valence-electron chi connectivity index (χ0n) is 11.7. The second kappa shape index (κ2) is 5.44. The van der Waals surface area contributed by atoms with Crippen LogP contribution in [0.3, 0.4) is 0 Å². The third kappa shape index (κ3) is 2.67. The van der Waals surface area contributed by atoms with Gasteiger partial charge in [-0.25, -0.2) is 4.79 Å². The first-order valence-electron chi connectivity index (χ1n) is 6.83. The van der Waals surface area contributed by atoms with Gasteiger partial charge >= 0.3 is 5.97 Å². The molecule has 0 spiro atoms. The van der Waals surface area contributed by atoms with E-state index in [9.17, 15) is 9.90 Å². The number of aryl methyl sites for hydroxylation is 1. The quantitative estimate of drug-likeness (QED) is 0.906. The topological polar surface area (TPSA) is 71.5 Å². The number of ether oxygens (including phenoxy) is 1. The van der Waals surface area contributed by atoms with Gasteiger partial charge in [0.2, 0.25) is 0 Å². The lowest BCUT2D eigenvalue weighted by Crippen LogP contribution is -2.21. The molecule has 0 bridgehead atoms. The summed E-state index contributed by atoms with van der Waals surface area (Å²) >= 11 is 0. The third-order valence-electron chi connectivity index (χ3n) is 3.56. The van der Waals surface area contributed by atoms with Crippen LogP contribution in [0.5, 0.6) is 5.75 Å². The van der Waals surface area contributed by atoms with Crippen LogP contribution in [0, 0.1) is 6.92 Å². The minimum absolute atomic E-state index is 0.0369. The van der Waals surface area contributed by atoms with E-state index in [1.54, 1.807) is 6.07 Å². The Balaban J connectivity index is 1.95. The molecular weight excluding hydrogens is 268 g/mol. The average molecular weight is 284 g/mol. The number of nitrogens with one attached hydrogen (secondary N) is 1. The molecule has 0 aliphatic carbocycles.